The average molecular weight is 264 g/mol. The van der Waals surface area contributed by atoms with Crippen molar-refractivity contribution in [2.75, 3.05) is 0 Å². The standard InChI is InChI=1S/C18H16O2/c1-2-8-14(13-9-4-3-5-10-13)17-15-11-6-7-12-16(15)18(19)20-17/h3-7,9-12H,2,8H2,1H3/b17-14+. The summed E-state index contributed by atoms with van der Waals surface area (Å²) in [7, 11) is 0. The Bertz CT molecular complexity index is 669. The van der Waals surface area contributed by atoms with Crippen LogP contribution in [-0.2, 0) is 4.74 Å². The van der Waals surface area contributed by atoms with E-state index >= 15 is 0 Å². The molecule has 1 aliphatic heterocycles. The molecule has 100 valence electrons. The highest BCUT2D eigenvalue weighted by Crippen LogP contribution is 2.37. The van der Waals surface area contributed by atoms with Gasteiger partial charge in [-0.05, 0) is 18.1 Å². The first-order valence-electron chi connectivity index (χ1n) is 6.91. The molecule has 1 aliphatic rings. The van der Waals surface area contributed by atoms with Gasteiger partial charge in [0.05, 0.1) is 5.56 Å². The van der Waals surface area contributed by atoms with Crippen LogP contribution in [0.15, 0.2) is 54.6 Å². The van der Waals surface area contributed by atoms with E-state index in [0.717, 1.165) is 35.3 Å². The number of carbonyl (C=O) groups excluding carboxylic acids is 1. The van der Waals surface area contributed by atoms with Crippen LogP contribution >= 0.6 is 0 Å². The van der Waals surface area contributed by atoms with Crippen molar-refractivity contribution in [3.63, 3.8) is 0 Å². The van der Waals surface area contributed by atoms with Gasteiger partial charge in [0.2, 0.25) is 0 Å². The van der Waals surface area contributed by atoms with E-state index in [1.807, 2.05) is 42.5 Å². The predicted molar refractivity (Wildman–Crippen MR) is 80.0 cm³/mol. The molecule has 0 atom stereocenters. The number of cyclic esters (lactones) is 1. The summed E-state index contributed by atoms with van der Waals surface area (Å²) in [6, 6.07) is 17.7. The second kappa shape index (κ2) is 5.33. The molecule has 2 aromatic carbocycles. The molecule has 0 saturated heterocycles. The van der Waals surface area contributed by atoms with E-state index in [4.69, 9.17) is 4.74 Å². The molecule has 1 heterocycles. The Hall–Kier alpha value is -2.35. The van der Waals surface area contributed by atoms with Crippen molar-refractivity contribution in [2.45, 2.75) is 19.8 Å². The number of ether oxygens (including phenoxy) is 1. The Labute approximate surface area is 118 Å². The maximum Gasteiger partial charge on any atom is 0.344 e. The minimum Gasteiger partial charge on any atom is -0.422 e. The maximum absolute atomic E-state index is 12.0. The van der Waals surface area contributed by atoms with Crippen LogP contribution < -0.4 is 0 Å². The van der Waals surface area contributed by atoms with Crippen LogP contribution in [0.5, 0.6) is 0 Å². The van der Waals surface area contributed by atoms with Gasteiger partial charge < -0.3 is 4.74 Å². The molecule has 0 spiro atoms. The van der Waals surface area contributed by atoms with Crippen molar-refractivity contribution in [3.05, 3.63) is 71.3 Å². The zero-order valence-corrected chi connectivity index (χ0v) is 11.4. The van der Waals surface area contributed by atoms with Gasteiger partial charge in [-0.25, -0.2) is 4.79 Å². The Balaban J connectivity index is 2.18. The van der Waals surface area contributed by atoms with Gasteiger partial charge in [0.1, 0.15) is 5.76 Å². The second-order valence-electron chi connectivity index (χ2n) is 4.86. The highest BCUT2D eigenvalue weighted by Gasteiger charge is 2.28. The summed E-state index contributed by atoms with van der Waals surface area (Å²) in [6.45, 7) is 2.13. The van der Waals surface area contributed by atoms with E-state index < -0.39 is 0 Å². The van der Waals surface area contributed by atoms with Gasteiger partial charge in [0.15, 0.2) is 0 Å². The zero-order valence-electron chi connectivity index (χ0n) is 11.4. The van der Waals surface area contributed by atoms with Crippen LogP contribution in [0.4, 0.5) is 0 Å². The fourth-order valence-corrected chi connectivity index (χ4v) is 2.56. The number of hydrogen-bond acceptors (Lipinski definition) is 2. The molecular weight excluding hydrogens is 248 g/mol. The third-order valence-corrected chi connectivity index (χ3v) is 3.48. The molecule has 0 bridgehead atoms. The Morgan fingerprint density at radius 3 is 2.30 bits per heavy atom. The Morgan fingerprint density at radius 2 is 1.60 bits per heavy atom. The number of rotatable bonds is 3. The number of esters is 1. The van der Waals surface area contributed by atoms with Crippen LogP contribution in [-0.4, -0.2) is 5.97 Å². The molecular formula is C18H16O2. The Kier molecular flexibility index (Phi) is 3.38. The molecule has 0 fully saturated rings. The van der Waals surface area contributed by atoms with E-state index in [2.05, 4.69) is 19.1 Å². The monoisotopic (exact) mass is 264 g/mol. The molecule has 2 nitrogen and oxygen atoms in total. The topological polar surface area (TPSA) is 26.3 Å². The summed E-state index contributed by atoms with van der Waals surface area (Å²) in [5, 5.41) is 0. The van der Waals surface area contributed by atoms with Gasteiger partial charge in [-0.1, -0.05) is 61.9 Å². The van der Waals surface area contributed by atoms with E-state index in [9.17, 15) is 4.79 Å². The molecule has 0 saturated carbocycles. The minimum atomic E-state index is -0.250. The average Bonchev–Trinajstić information content (AvgIpc) is 2.83. The van der Waals surface area contributed by atoms with Crippen LogP contribution in [0, 0.1) is 0 Å². The molecule has 0 unspecified atom stereocenters. The number of benzene rings is 2. The predicted octanol–water partition coefficient (Wildman–Crippen LogP) is 4.53. The van der Waals surface area contributed by atoms with Crippen molar-refractivity contribution in [1.82, 2.24) is 0 Å². The lowest BCUT2D eigenvalue weighted by molar-refractivity contribution is 0.0716. The highest BCUT2D eigenvalue weighted by molar-refractivity contribution is 6.07. The summed E-state index contributed by atoms with van der Waals surface area (Å²) in [5.74, 6) is 0.471. The smallest absolute Gasteiger partial charge is 0.344 e. The molecule has 0 aliphatic carbocycles. The van der Waals surface area contributed by atoms with E-state index in [1.165, 1.54) is 0 Å². The van der Waals surface area contributed by atoms with Crippen LogP contribution in [0.3, 0.4) is 0 Å². The van der Waals surface area contributed by atoms with Crippen molar-refractivity contribution in [1.29, 1.82) is 0 Å². The van der Waals surface area contributed by atoms with Gasteiger partial charge >= 0.3 is 5.97 Å². The molecule has 2 aromatic rings. The van der Waals surface area contributed by atoms with Gasteiger partial charge in [0, 0.05) is 11.1 Å². The summed E-state index contributed by atoms with van der Waals surface area (Å²) in [4.78, 5) is 12.0. The number of allylic oxidation sites excluding steroid dienone is 1. The number of fused-ring (bicyclic) bond motifs is 1. The first-order chi connectivity index (χ1) is 9.81. The third-order valence-electron chi connectivity index (χ3n) is 3.48. The number of carbonyl (C=O) groups is 1. The van der Waals surface area contributed by atoms with Gasteiger partial charge in [0.25, 0.3) is 0 Å². The second-order valence-corrected chi connectivity index (χ2v) is 4.86. The fraction of sp³-hybridized carbons (Fsp3) is 0.167. The molecule has 2 heteroatoms. The molecule has 0 amide bonds. The van der Waals surface area contributed by atoms with Gasteiger partial charge in [-0.15, -0.1) is 0 Å². The minimum absolute atomic E-state index is 0.250. The number of hydrogen-bond donors (Lipinski definition) is 0. The molecule has 3 rings (SSSR count). The molecule has 0 radical (unpaired) electrons. The first kappa shape index (κ1) is 12.7. The molecule has 0 N–H and O–H groups in total. The van der Waals surface area contributed by atoms with Gasteiger partial charge in [-0.3, -0.25) is 0 Å². The first-order valence-corrected chi connectivity index (χ1v) is 6.91. The lowest BCUT2D eigenvalue weighted by atomic mass is 9.96. The third kappa shape index (κ3) is 2.14. The lowest BCUT2D eigenvalue weighted by Crippen LogP contribution is -1.94. The normalized spacial score (nSPS) is 15.8. The van der Waals surface area contributed by atoms with Crippen LogP contribution in [0.2, 0.25) is 0 Å². The largest absolute Gasteiger partial charge is 0.422 e. The van der Waals surface area contributed by atoms with Crippen molar-refractivity contribution in [2.24, 2.45) is 0 Å². The highest BCUT2D eigenvalue weighted by atomic mass is 16.5. The quantitative estimate of drug-likeness (QED) is 0.761. The zero-order chi connectivity index (χ0) is 13.9. The van der Waals surface area contributed by atoms with E-state index in [0.29, 0.717) is 5.56 Å². The van der Waals surface area contributed by atoms with E-state index in [1.54, 1.807) is 0 Å². The fourth-order valence-electron chi connectivity index (χ4n) is 2.56. The van der Waals surface area contributed by atoms with E-state index in [-0.39, 0.29) is 5.97 Å². The summed E-state index contributed by atoms with van der Waals surface area (Å²) in [5.41, 5.74) is 3.79. The molecule has 20 heavy (non-hydrogen) atoms. The van der Waals surface area contributed by atoms with Crippen LogP contribution in [0.25, 0.3) is 11.3 Å². The molecule has 0 aromatic heterocycles. The van der Waals surface area contributed by atoms with Crippen molar-refractivity contribution in [3.8, 4) is 0 Å². The summed E-state index contributed by atoms with van der Waals surface area (Å²) >= 11 is 0. The summed E-state index contributed by atoms with van der Waals surface area (Å²) in [6.07, 6.45) is 1.90. The SMILES string of the molecule is CCC/C(=C1\OC(=O)c2ccccc21)c1ccccc1. The maximum atomic E-state index is 12.0. The summed E-state index contributed by atoms with van der Waals surface area (Å²) < 4.78 is 5.54. The Morgan fingerprint density at radius 1 is 0.950 bits per heavy atom. The van der Waals surface area contributed by atoms with Crippen molar-refractivity contribution < 1.29 is 9.53 Å². The van der Waals surface area contributed by atoms with Crippen LogP contribution in [0.1, 0.15) is 41.3 Å². The van der Waals surface area contributed by atoms with Crippen molar-refractivity contribution >= 4 is 17.3 Å². The van der Waals surface area contributed by atoms with Gasteiger partial charge in [-0.2, -0.15) is 0 Å². The lowest BCUT2D eigenvalue weighted by Gasteiger charge is -2.10.